The number of imidazole rings is 1. The molecule has 2 aromatic rings. The minimum absolute atomic E-state index is 0.194. The second-order valence-electron chi connectivity index (χ2n) is 4.70. The summed E-state index contributed by atoms with van der Waals surface area (Å²) >= 11 is 0. The Bertz CT molecular complexity index is 570. The van der Waals surface area contributed by atoms with E-state index >= 15 is 0 Å². The van der Waals surface area contributed by atoms with Crippen LogP contribution in [0.5, 0.6) is 0 Å². The number of benzene rings is 1. The lowest BCUT2D eigenvalue weighted by atomic mass is 9.99. The number of nitrogens with zero attached hydrogens (tertiary/aromatic N) is 2. The number of hydrogen-bond acceptors (Lipinski definition) is 2. The second kappa shape index (κ2) is 5.17. The highest BCUT2D eigenvalue weighted by Gasteiger charge is 2.10. The number of hydrogen-bond donors (Lipinski definition) is 0. The number of aromatic nitrogens is 2. The van der Waals surface area contributed by atoms with E-state index in [4.69, 9.17) is 0 Å². The fourth-order valence-corrected chi connectivity index (χ4v) is 2.03. The van der Waals surface area contributed by atoms with Gasteiger partial charge in [0.15, 0.2) is 5.78 Å². The average Bonchev–Trinajstić information content (AvgIpc) is 2.75. The summed E-state index contributed by atoms with van der Waals surface area (Å²) in [6.07, 6.45) is 4.86. The van der Waals surface area contributed by atoms with Crippen LogP contribution in [0.2, 0.25) is 0 Å². The molecule has 18 heavy (non-hydrogen) atoms. The van der Waals surface area contributed by atoms with Gasteiger partial charge < -0.3 is 4.57 Å². The van der Waals surface area contributed by atoms with Crippen LogP contribution in [0.25, 0.3) is 0 Å². The summed E-state index contributed by atoms with van der Waals surface area (Å²) in [5, 5.41) is 0. The van der Waals surface area contributed by atoms with E-state index in [0.717, 1.165) is 22.5 Å². The predicted molar refractivity (Wildman–Crippen MR) is 71.8 cm³/mol. The molecular formula is C15H18N2O. The van der Waals surface area contributed by atoms with Crippen LogP contribution in [0.3, 0.4) is 0 Å². The lowest BCUT2D eigenvalue weighted by molar-refractivity contribution is 0.0981. The molecule has 0 amide bonds. The normalized spacial score (nSPS) is 10.6. The van der Waals surface area contributed by atoms with E-state index in [1.807, 2.05) is 49.9 Å². The molecule has 0 saturated heterocycles. The molecule has 2 rings (SSSR count). The molecule has 0 aliphatic heterocycles. The van der Waals surface area contributed by atoms with Gasteiger partial charge in [-0.15, -0.1) is 0 Å². The summed E-state index contributed by atoms with van der Waals surface area (Å²) in [6.45, 7) is 3.99. The summed E-state index contributed by atoms with van der Waals surface area (Å²) < 4.78 is 1.95. The monoisotopic (exact) mass is 242 g/mol. The van der Waals surface area contributed by atoms with Crippen molar-refractivity contribution in [2.45, 2.75) is 26.7 Å². The summed E-state index contributed by atoms with van der Waals surface area (Å²) in [5.74, 6) is 1.15. The van der Waals surface area contributed by atoms with Crippen molar-refractivity contribution in [1.29, 1.82) is 0 Å². The highest BCUT2D eigenvalue weighted by Crippen LogP contribution is 2.14. The molecule has 1 aromatic carbocycles. The van der Waals surface area contributed by atoms with Crippen LogP contribution in [-0.4, -0.2) is 15.3 Å². The van der Waals surface area contributed by atoms with E-state index in [1.54, 1.807) is 6.20 Å². The first-order valence-corrected chi connectivity index (χ1v) is 6.14. The number of carbonyl (C=O) groups excluding carboxylic acids is 1. The number of ketones is 1. The molecule has 0 fully saturated rings. The van der Waals surface area contributed by atoms with Gasteiger partial charge in [0.25, 0.3) is 0 Å². The van der Waals surface area contributed by atoms with Crippen LogP contribution >= 0.6 is 0 Å². The van der Waals surface area contributed by atoms with Crippen LogP contribution in [0, 0.1) is 13.8 Å². The molecule has 3 nitrogen and oxygen atoms in total. The highest BCUT2D eigenvalue weighted by molar-refractivity contribution is 5.97. The molecular weight excluding hydrogens is 224 g/mol. The molecule has 0 aliphatic carbocycles. The van der Waals surface area contributed by atoms with Crippen LogP contribution in [0.1, 0.15) is 33.7 Å². The second-order valence-corrected chi connectivity index (χ2v) is 4.70. The highest BCUT2D eigenvalue weighted by atomic mass is 16.1. The van der Waals surface area contributed by atoms with E-state index < -0.39 is 0 Å². The molecule has 1 heterocycles. The number of aryl methyl sites for hydroxylation is 4. The summed E-state index contributed by atoms with van der Waals surface area (Å²) in [5.41, 5.74) is 3.01. The largest absolute Gasteiger partial charge is 0.338 e. The van der Waals surface area contributed by atoms with Gasteiger partial charge in [0.05, 0.1) is 0 Å². The van der Waals surface area contributed by atoms with Crippen molar-refractivity contribution >= 4 is 5.78 Å². The molecule has 0 N–H and O–H groups in total. The van der Waals surface area contributed by atoms with E-state index in [2.05, 4.69) is 4.98 Å². The minimum Gasteiger partial charge on any atom is -0.338 e. The maximum Gasteiger partial charge on any atom is 0.163 e. The first kappa shape index (κ1) is 12.6. The molecule has 3 heteroatoms. The summed E-state index contributed by atoms with van der Waals surface area (Å²) in [4.78, 5) is 16.4. The van der Waals surface area contributed by atoms with Crippen LogP contribution in [0.4, 0.5) is 0 Å². The van der Waals surface area contributed by atoms with Crippen molar-refractivity contribution in [3.05, 3.63) is 53.1 Å². The summed E-state index contributed by atoms with van der Waals surface area (Å²) in [6, 6.07) is 6.00. The molecule has 0 radical (unpaired) electrons. The zero-order valence-electron chi connectivity index (χ0n) is 11.1. The number of Topliss-reactive ketones (excluding diaryl/α,β-unsaturated/α-hetero) is 1. The lowest BCUT2D eigenvalue weighted by Gasteiger charge is -2.06. The van der Waals surface area contributed by atoms with E-state index in [9.17, 15) is 4.79 Å². The number of rotatable bonds is 4. The fourth-order valence-electron chi connectivity index (χ4n) is 2.03. The Morgan fingerprint density at radius 1 is 1.33 bits per heavy atom. The molecule has 94 valence electrons. The quantitative estimate of drug-likeness (QED) is 0.773. The molecule has 0 unspecified atom stereocenters. The molecule has 0 spiro atoms. The fraction of sp³-hybridized carbons (Fsp3) is 0.333. The van der Waals surface area contributed by atoms with Gasteiger partial charge in [0.1, 0.15) is 5.82 Å². The third-order valence-electron chi connectivity index (χ3n) is 3.19. The standard InChI is InChI=1S/C15H18N2O/c1-11-4-5-12(2)13(10-11)14(18)6-7-15-16-8-9-17(15)3/h4-5,8-10H,6-7H2,1-3H3. The molecule has 0 bridgehead atoms. The van der Waals surface area contributed by atoms with Gasteiger partial charge in [-0.05, 0) is 25.5 Å². The Labute approximate surface area is 107 Å². The Kier molecular flexibility index (Phi) is 3.60. The molecule has 0 saturated carbocycles. The average molecular weight is 242 g/mol. The SMILES string of the molecule is Cc1ccc(C)c(C(=O)CCc2nccn2C)c1. The number of carbonyl (C=O) groups is 1. The molecule has 0 aliphatic rings. The van der Waals surface area contributed by atoms with Gasteiger partial charge in [-0.1, -0.05) is 17.7 Å². The van der Waals surface area contributed by atoms with Crippen molar-refractivity contribution in [3.63, 3.8) is 0 Å². The molecule has 1 aromatic heterocycles. The maximum absolute atomic E-state index is 12.2. The van der Waals surface area contributed by atoms with Gasteiger partial charge in [0, 0.05) is 37.8 Å². The zero-order valence-corrected chi connectivity index (χ0v) is 11.1. The zero-order chi connectivity index (χ0) is 13.1. The minimum atomic E-state index is 0.194. The smallest absolute Gasteiger partial charge is 0.163 e. The van der Waals surface area contributed by atoms with Crippen LogP contribution in [-0.2, 0) is 13.5 Å². The Morgan fingerprint density at radius 3 is 2.78 bits per heavy atom. The summed E-state index contributed by atoms with van der Waals surface area (Å²) in [7, 11) is 1.95. The predicted octanol–water partition coefficient (Wildman–Crippen LogP) is 2.85. The van der Waals surface area contributed by atoms with Crippen molar-refractivity contribution in [3.8, 4) is 0 Å². The Hall–Kier alpha value is -1.90. The topological polar surface area (TPSA) is 34.9 Å². The van der Waals surface area contributed by atoms with Gasteiger partial charge in [-0.3, -0.25) is 4.79 Å². The van der Waals surface area contributed by atoms with E-state index in [1.165, 1.54) is 0 Å². The Balaban J connectivity index is 2.08. The first-order valence-electron chi connectivity index (χ1n) is 6.14. The third kappa shape index (κ3) is 2.67. The van der Waals surface area contributed by atoms with Crippen molar-refractivity contribution in [2.24, 2.45) is 7.05 Å². The van der Waals surface area contributed by atoms with Crippen molar-refractivity contribution in [1.82, 2.24) is 9.55 Å². The van der Waals surface area contributed by atoms with Gasteiger partial charge in [0.2, 0.25) is 0 Å². The van der Waals surface area contributed by atoms with Crippen molar-refractivity contribution < 1.29 is 4.79 Å². The lowest BCUT2D eigenvalue weighted by Crippen LogP contribution is -2.06. The third-order valence-corrected chi connectivity index (χ3v) is 3.19. The van der Waals surface area contributed by atoms with Gasteiger partial charge >= 0.3 is 0 Å². The van der Waals surface area contributed by atoms with Crippen LogP contribution in [0.15, 0.2) is 30.6 Å². The van der Waals surface area contributed by atoms with Gasteiger partial charge in [-0.2, -0.15) is 0 Å². The van der Waals surface area contributed by atoms with Crippen LogP contribution < -0.4 is 0 Å². The maximum atomic E-state index is 12.2. The van der Waals surface area contributed by atoms with Crippen molar-refractivity contribution in [2.75, 3.05) is 0 Å². The Morgan fingerprint density at radius 2 is 2.11 bits per heavy atom. The van der Waals surface area contributed by atoms with E-state index in [-0.39, 0.29) is 5.78 Å². The van der Waals surface area contributed by atoms with E-state index in [0.29, 0.717) is 12.8 Å². The van der Waals surface area contributed by atoms with Gasteiger partial charge in [-0.25, -0.2) is 4.98 Å². The molecule has 0 atom stereocenters. The first-order chi connectivity index (χ1) is 8.58.